The summed E-state index contributed by atoms with van der Waals surface area (Å²) in [5, 5.41) is 0. The van der Waals surface area contributed by atoms with Crippen molar-refractivity contribution in [1.82, 2.24) is 4.90 Å². The molecule has 27 heavy (non-hydrogen) atoms. The Morgan fingerprint density at radius 2 is 1.81 bits per heavy atom. The Kier molecular flexibility index (Phi) is 4.96. The van der Waals surface area contributed by atoms with E-state index in [9.17, 15) is 9.59 Å². The maximum absolute atomic E-state index is 13.1. The maximum Gasteiger partial charge on any atom is 0.255 e. The Morgan fingerprint density at radius 1 is 1.04 bits per heavy atom. The molecule has 1 amide bonds. The first kappa shape index (κ1) is 18.1. The van der Waals surface area contributed by atoms with E-state index in [0.717, 1.165) is 23.7 Å². The first-order valence-corrected chi connectivity index (χ1v) is 10.4. The third-order valence-corrected chi connectivity index (χ3v) is 6.53. The predicted octanol–water partition coefficient (Wildman–Crippen LogP) is 3.94. The molecule has 4 rings (SSSR count). The quantitative estimate of drug-likeness (QED) is 0.791. The molecule has 0 radical (unpaired) electrons. The lowest BCUT2D eigenvalue weighted by Crippen LogP contribution is -2.49. The average Bonchev–Trinajstić information content (AvgIpc) is 2.69. The second-order valence-electron chi connectivity index (χ2n) is 7.27. The molecule has 0 N–H and O–H groups in total. The first-order valence-electron chi connectivity index (χ1n) is 9.45. The van der Waals surface area contributed by atoms with Gasteiger partial charge in [0.15, 0.2) is 5.78 Å². The van der Waals surface area contributed by atoms with E-state index in [4.69, 9.17) is 0 Å². The van der Waals surface area contributed by atoms with Gasteiger partial charge >= 0.3 is 0 Å². The lowest BCUT2D eigenvalue weighted by molar-refractivity contribution is 0.0743. The summed E-state index contributed by atoms with van der Waals surface area (Å²) in [5.41, 5.74) is 5.19. The largest absolute Gasteiger partial charge is 0.368 e. The van der Waals surface area contributed by atoms with Gasteiger partial charge in [-0.05, 0) is 37.1 Å². The number of piperazine rings is 1. The van der Waals surface area contributed by atoms with Gasteiger partial charge in [-0.1, -0.05) is 24.3 Å². The molecule has 0 atom stereocenters. The second kappa shape index (κ2) is 7.39. The van der Waals surface area contributed by atoms with Gasteiger partial charge in [-0.2, -0.15) is 0 Å². The van der Waals surface area contributed by atoms with Crippen molar-refractivity contribution in [3.05, 3.63) is 58.7 Å². The Morgan fingerprint density at radius 3 is 2.59 bits per heavy atom. The Balaban J connectivity index is 1.51. The van der Waals surface area contributed by atoms with Crippen molar-refractivity contribution in [2.45, 2.75) is 25.2 Å². The monoisotopic (exact) mass is 380 g/mol. The number of anilines is 1. The molecule has 0 aromatic heterocycles. The van der Waals surface area contributed by atoms with Crippen molar-refractivity contribution in [2.24, 2.45) is 0 Å². The summed E-state index contributed by atoms with van der Waals surface area (Å²) >= 11 is 1.63. The molecular weight excluding hydrogens is 356 g/mol. The third kappa shape index (κ3) is 3.48. The predicted molar refractivity (Wildman–Crippen MR) is 110 cm³/mol. The zero-order valence-electron chi connectivity index (χ0n) is 15.8. The molecule has 1 saturated heterocycles. The molecule has 0 unspecified atom stereocenters. The van der Waals surface area contributed by atoms with Crippen molar-refractivity contribution < 1.29 is 9.59 Å². The van der Waals surface area contributed by atoms with E-state index in [1.165, 1.54) is 16.8 Å². The Hall–Kier alpha value is -2.27. The third-order valence-electron chi connectivity index (χ3n) is 5.39. The number of amides is 1. The lowest BCUT2D eigenvalue weighted by atomic mass is 10.0. The molecule has 0 saturated carbocycles. The van der Waals surface area contributed by atoms with Crippen LogP contribution in [0.3, 0.4) is 0 Å². The number of carbonyl (C=O) groups is 2. The van der Waals surface area contributed by atoms with E-state index < -0.39 is 0 Å². The molecular formula is C22H24N2O2S. The van der Waals surface area contributed by atoms with E-state index >= 15 is 0 Å². The molecule has 5 heteroatoms. The molecule has 0 bridgehead atoms. The smallest absolute Gasteiger partial charge is 0.255 e. The van der Waals surface area contributed by atoms with Gasteiger partial charge in [-0.25, -0.2) is 0 Å². The van der Waals surface area contributed by atoms with Crippen molar-refractivity contribution in [2.75, 3.05) is 36.8 Å². The summed E-state index contributed by atoms with van der Waals surface area (Å²) in [7, 11) is 0. The van der Waals surface area contributed by atoms with Crippen LogP contribution in [0, 0.1) is 13.8 Å². The van der Waals surface area contributed by atoms with Crippen molar-refractivity contribution in [1.29, 1.82) is 0 Å². The maximum atomic E-state index is 13.1. The molecule has 1 fully saturated rings. The van der Waals surface area contributed by atoms with E-state index in [1.54, 1.807) is 11.8 Å². The number of Topliss-reactive ketones (excluding diaryl/α,β-unsaturated/α-hetero) is 1. The average molecular weight is 381 g/mol. The fourth-order valence-corrected chi connectivity index (χ4v) is 4.98. The summed E-state index contributed by atoms with van der Waals surface area (Å²) in [4.78, 5) is 30.4. The Bertz CT molecular complexity index is 901. The highest BCUT2D eigenvalue weighted by Gasteiger charge is 2.28. The van der Waals surface area contributed by atoms with Crippen LogP contribution >= 0.6 is 11.8 Å². The summed E-state index contributed by atoms with van der Waals surface area (Å²) < 4.78 is 0. The fraction of sp³-hybridized carbons (Fsp3) is 0.364. The molecule has 140 valence electrons. The van der Waals surface area contributed by atoms with Crippen LogP contribution in [-0.2, 0) is 0 Å². The van der Waals surface area contributed by atoms with Gasteiger partial charge in [0, 0.05) is 54.5 Å². The van der Waals surface area contributed by atoms with Crippen LogP contribution < -0.4 is 4.90 Å². The van der Waals surface area contributed by atoms with Gasteiger partial charge in [-0.3, -0.25) is 9.59 Å². The molecule has 2 aliphatic heterocycles. The van der Waals surface area contributed by atoms with Crippen LogP contribution in [0.2, 0.25) is 0 Å². The summed E-state index contributed by atoms with van der Waals surface area (Å²) in [6, 6.07) is 12.1. The van der Waals surface area contributed by atoms with E-state index in [-0.39, 0.29) is 11.7 Å². The number of benzene rings is 2. The molecule has 0 spiro atoms. The van der Waals surface area contributed by atoms with Gasteiger partial charge in [0.1, 0.15) is 0 Å². The van der Waals surface area contributed by atoms with Crippen molar-refractivity contribution >= 4 is 29.1 Å². The highest BCUT2D eigenvalue weighted by atomic mass is 32.2. The highest BCUT2D eigenvalue weighted by Crippen LogP contribution is 2.34. The number of thioether (sulfide) groups is 1. The minimum absolute atomic E-state index is 0.0506. The highest BCUT2D eigenvalue weighted by molar-refractivity contribution is 7.99. The summed E-state index contributed by atoms with van der Waals surface area (Å²) in [6.45, 7) is 7.31. The van der Waals surface area contributed by atoms with Crippen molar-refractivity contribution in [3.63, 3.8) is 0 Å². The van der Waals surface area contributed by atoms with Gasteiger partial charge in [0.25, 0.3) is 5.91 Å². The summed E-state index contributed by atoms with van der Waals surface area (Å²) in [6.07, 6.45) is 0.559. The molecule has 2 aromatic carbocycles. The minimum atomic E-state index is 0.0506. The van der Waals surface area contributed by atoms with Crippen LogP contribution in [0.15, 0.2) is 41.3 Å². The number of aryl methyl sites for hydroxylation is 2. The molecule has 2 heterocycles. The molecule has 2 aromatic rings. The number of carbonyl (C=O) groups excluding carboxylic acids is 2. The normalized spacial score (nSPS) is 17.0. The van der Waals surface area contributed by atoms with Gasteiger partial charge < -0.3 is 9.80 Å². The van der Waals surface area contributed by atoms with Crippen LogP contribution in [-0.4, -0.2) is 48.5 Å². The standard InChI is InChI=1S/C22H24N2O2S/c1-15-6-7-16(2)19(14-15)23-9-11-24(12-10-23)22(26)18-5-3-4-17-20(25)8-13-27-21(17)18/h3-7,14H,8-13H2,1-2H3. The van der Waals surface area contributed by atoms with Crippen LogP contribution in [0.25, 0.3) is 0 Å². The SMILES string of the molecule is Cc1ccc(C)c(N2CCN(C(=O)c3cccc4c3SCCC4=O)CC2)c1. The van der Waals surface area contributed by atoms with Gasteiger partial charge in [0.05, 0.1) is 5.56 Å². The topological polar surface area (TPSA) is 40.6 Å². The minimum Gasteiger partial charge on any atom is -0.368 e. The van der Waals surface area contributed by atoms with Crippen LogP contribution in [0.4, 0.5) is 5.69 Å². The first-order chi connectivity index (χ1) is 13.0. The Labute approximate surface area is 164 Å². The number of rotatable bonds is 2. The van der Waals surface area contributed by atoms with Gasteiger partial charge in [0.2, 0.25) is 0 Å². The number of ketones is 1. The number of fused-ring (bicyclic) bond motifs is 1. The number of nitrogens with zero attached hydrogens (tertiary/aromatic N) is 2. The van der Waals surface area contributed by atoms with Crippen molar-refractivity contribution in [3.8, 4) is 0 Å². The summed E-state index contributed by atoms with van der Waals surface area (Å²) in [5.74, 6) is 0.962. The second-order valence-corrected chi connectivity index (χ2v) is 8.38. The lowest BCUT2D eigenvalue weighted by Gasteiger charge is -2.37. The molecule has 0 aliphatic carbocycles. The van der Waals surface area contributed by atoms with Crippen LogP contribution in [0.5, 0.6) is 0 Å². The molecule has 4 nitrogen and oxygen atoms in total. The van der Waals surface area contributed by atoms with E-state index in [0.29, 0.717) is 30.6 Å². The van der Waals surface area contributed by atoms with E-state index in [2.05, 4.69) is 36.9 Å². The van der Waals surface area contributed by atoms with Gasteiger partial charge in [-0.15, -0.1) is 11.8 Å². The zero-order valence-corrected chi connectivity index (χ0v) is 16.6. The molecule has 2 aliphatic rings. The van der Waals surface area contributed by atoms with E-state index in [1.807, 2.05) is 23.1 Å². The number of hydrogen-bond donors (Lipinski definition) is 0. The zero-order chi connectivity index (χ0) is 19.0. The van der Waals surface area contributed by atoms with Crippen LogP contribution in [0.1, 0.15) is 38.3 Å². The fourth-order valence-electron chi connectivity index (χ4n) is 3.84. The number of hydrogen-bond acceptors (Lipinski definition) is 4.